The highest BCUT2D eigenvalue weighted by atomic mass is 16.5. The number of hydrogen-bond donors (Lipinski definition) is 1. The lowest BCUT2D eigenvalue weighted by molar-refractivity contribution is 0.0945. The number of nitrogens with one attached hydrogen (secondary N) is 1. The molecule has 2 rings (SSSR count). The predicted molar refractivity (Wildman–Crippen MR) is 72.0 cm³/mol. The van der Waals surface area contributed by atoms with Crippen LogP contribution in [0, 0.1) is 5.92 Å². The van der Waals surface area contributed by atoms with Crippen LogP contribution in [0.3, 0.4) is 0 Å². The first-order valence-corrected chi connectivity index (χ1v) is 6.30. The van der Waals surface area contributed by atoms with Gasteiger partial charge in [0, 0.05) is 44.4 Å². The first-order chi connectivity index (χ1) is 8.66. The summed E-state index contributed by atoms with van der Waals surface area (Å²) in [7, 11) is 3.93. The molecule has 4 nitrogen and oxygen atoms in total. The molecule has 98 valence electrons. The summed E-state index contributed by atoms with van der Waals surface area (Å²) < 4.78 is 5.29. The van der Waals surface area contributed by atoms with Crippen molar-refractivity contribution >= 4 is 11.6 Å². The van der Waals surface area contributed by atoms with Crippen LogP contribution in [0.25, 0.3) is 0 Å². The summed E-state index contributed by atoms with van der Waals surface area (Å²) in [6.07, 6.45) is 1.04. The summed E-state index contributed by atoms with van der Waals surface area (Å²) in [4.78, 5) is 14.0. The smallest absolute Gasteiger partial charge is 0.251 e. The number of amides is 1. The Morgan fingerprint density at radius 3 is 3.00 bits per heavy atom. The lowest BCUT2D eigenvalue weighted by atomic mass is 10.1. The Morgan fingerprint density at radius 2 is 2.33 bits per heavy atom. The molecule has 1 aromatic rings. The average Bonchev–Trinajstić information content (AvgIpc) is 2.89. The van der Waals surface area contributed by atoms with Gasteiger partial charge < -0.3 is 15.0 Å². The molecule has 1 saturated heterocycles. The van der Waals surface area contributed by atoms with E-state index in [0.29, 0.717) is 18.0 Å². The van der Waals surface area contributed by atoms with Crippen LogP contribution in [0.4, 0.5) is 5.69 Å². The third-order valence-corrected chi connectivity index (χ3v) is 3.20. The molecule has 1 fully saturated rings. The van der Waals surface area contributed by atoms with E-state index in [2.05, 4.69) is 5.32 Å². The van der Waals surface area contributed by atoms with Crippen molar-refractivity contribution in [3.05, 3.63) is 29.8 Å². The van der Waals surface area contributed by atoms with Gasteiger partial charge in [0.25, 0.3) is 5.91 Å². The number of anilines is 1. The summed E-state index contributed by atoms with van der Waals surface area (Å²) in [5.74, 6) is 0.455. The van der Waals surface area contributed by atoms with Gasteiger partial charge >= 0.3 is 0 Å². The fourth-order valence-electron chi connectivity index (χ4n) is 2.01. The molecule has 0 saturated carbocycles. The van der Waals surface area contributed by atoms with Crippen molar-refractivity contribution in [3.63, 3.8) is 0 Å². The maximum atomic E-state index is 12.0. The van der Waals surface area contributed by atoms with Gasteiger partial charge in [-0.2, -0.15) is 0 Å². The van der Waals surface area contributed by atoms with E-state index in [1.807, 2.05) is 43.3 Å². The van der Waals surface area contributed by atoms with Crippen molar-refractivity contribution in [3.8, 4) is 0 Å². The van der Waals surface area contributed by atoms with E-state index in [0.717, 1.165) is 25.3 Å². The summed E-state index contributed by atoms with van der Waals surface area (Å²) in [6, 6.07) is 7.64. The second kappa shape index (κ2) is 5.87. The van der Waals surface area contributed by atoms with Gasteiger partial charge in [0.2, 0.25) is 0 Å². The lowest BCUT2D eigenvalue weighted by Gasteiger charge is -2.14. The van der Waals surface area contributed by atoms with Crippen molar-refractivity contribution in [2.24, 2.45) is 5.92 Å². The van der Waals surface area contributed by atoms with Crippen LogP contribution < -0.4 is 10.2 Å². The molecule has 1 heterocycles. The minimum Gasteiger partial charge on any atom is -0.381 e. The highest BCUT2D eigenvalue weighted by molar-refractivity contribution is 5.95. The number of rotatable bonds is 4. The molecule has 1 aliphatic heterocycles. The number of ether oxygens (including phenoxy) is 1. The zero-order valence-electron chi connectivity index (χ0n) is 11.0. The fraction of sp³-hybridized carbons (Fsp3) is 0.500. The molecule has 0 radical (unpaired) electrons. The molecule has 0 aromatic heterocycles. The molecular formula is C14H20N2O2. The van der Waals surface area contributed by atoms with Crippen molar-refractivity contribution in [2.75, 3.05) is 38.8 Å². The summed E-state index contributed by atoms with van der Waals surface area (Å²) >= 11 is 0. The van der Waals surface area contributed by atoms with Gasteiger partial charge in [-0.25, -0.2) is 0 Å². The molecule has 18 heavy (non-hydrogen) atoms. The Morgan fingerprint density at radius 1 is 1.50 bits per heavy atom. The van der Waals surface area contributed by atoms with Crippen molar-refractivity contribution in [1.29, 1.82) is 0 Å². The first kappa shape index (κ1) is 12.9. The third kappa shape index (κ3) is 3.23. The SMILES string of the molecule is CN(C)c1cccc(C(=O)NCC2CCOC2)c1. The number of carbonyl (C=O) groups is 1. The quantitative estimate of drug-likeness (QED) is 0.878. The first-order valence-electron chi connectivity index (χ1n) is 6.30. The molecule has 4 heteroatoms. The number of carbonyl (C=O) groups excluding carboxylic acids is 1. The van der Waals surface area contributed by atoms with Gasteiger partial charge in [-0.1, -0.05) is 6.07 Å². The van der Waals surface area contributed by atoms with Gasteiger partial charge in [0.05, 0.1) is 6.61 Å². The molecule has 0 spiro atoms. The number of hydrogen-bond acceptors (Lipinski definition) is 3. The fourth-order valence-corrected chi connectivity index (χ4v) is 2.01. The van der Waals surface area contributed by atoms with E-state index in [4.69, 9.17) is 4.74 Å². The zero-order chi connectivity index (χ0) is 13.0. The number of nitrogens with zero attached hydrogens (tertiary/aromatic N) is 1. The molecule has 1 amide bonds. The lowest BCUT2D eigenvalue weighted by Crippen LogP contribution is -2.29. The largest absolute Gasteiger partial charge is 0.381 e. The molecule has 1 aliphatic rings. The second-order valence-corrected chi connectivity index (χ2v) is 4.88. The third-order valence-electron chi connectivity index (χ3n) is 3.20. The minimum atomic E-state index is -0.00870. The van der Waals surface area contributed by atoms with Crippen molar-refractivity contribution < 1.29 is 9.53 Å². The van der Waals surface area contributed by atoms with Crippen LogP contribution in [0.1, 0.15) is 16.8 Å². The molecular weight excluding hydrogens is 228 g/mol. The number of benzene rings is 1. The summed E-state index contributed by atoms with van der Waals surface area (Å²) in [6.45, 7) is 2.28. The second-order valence-electron chi connectivity index (χ2n) is 4.88. The monoisotopic (exact) mass is 248 g/mol. The Kier molecular flexibility index (Phi) is 4.20. The van der Waals surface area contributed by atoms with Gasteiger partial charge in [-0.3, -0.25) is 4.79 Å². The van der Waals surface area contributed by atoms with Crippen LogP contribution in [-0.2, 0) is 4.74 Å². The topological polar surface area (TPSA) is 41.6 Å². The van der Waals surface area contributed by atoms with Crippen LogP contribution in [-0.4, -0.2) is 39.8 Å². The van der Waals surface area contributed by atoms with E-state index in [1.165, 1.54) is 0 Å². The van der Waals surface area contributed by atoms with Gasteiger partial charge in [0.15, 0.2) is 0 Å². The van der Waals surface area contributed by atoms with E-state index in [-0.39, 0.29) is 5.91 Å². The van der Waals surface area contributed by atoms with Gasteiger partial charge in [0.1, 0.15) is 0 Å². The van der Waals surface area contributed by atoms with Crippen LogP contribution >= 0.6 is 0 Å². The van der Waals surface area contributed by atoms with Crippen LogP contribution in [0.5, 0.6) is 0 Å². The average molecular weight is 248 g/mol. The van der Waals surface area contributed by atoms with E-state index in [9.17, 15) is 4.79 Å². The summed E-state index contributed by atoms with van der Waals surface area (Å²) in [5.41, 5.74) is 1.74. The Balaban J connectivity index is 1.93. The van der Waals surface area contributed by atoms with E-state index in [1.54, 1.807) is 0 Å². The Hall–Kier alpha value is -1.55. The normalized spacial score (nSPS) is 18.7. The van der Waals surface area contributed by atoms with Crippen LogP contribution in [0.2, 0.25) is 0 Å². The standard InChI is InChI=1S/C14H20N2O2/c1-16(2)13-5-3-4-12(8-13)14(17)15-9-11-6-7-18-10-11/h3-5,8,11H,6-7,9-10H2,1-2H3,(H,15,17). The molecule has 1 N–H and O–H groups in total. The van der Waals surface area contributed by atoms with E-state index >= 15 is 0 Å². The maximum Gasteiger partial charge on any atom is 0.251 e. The van der Waals surface area contributed by atoms with E-state index < -0.39 is 0 Å². The molecule has 0 aliphatic carbocycles. The molecule has 1 atom stereocenters. The Bertz CT molecular complexity index is 412. The molecule has 1 unspecified atom stereocenters. The molecule has 1 aromatic carbocycles. The maximum absolute atomic E-state index is 12.0. The zero-order valence-corrected chi connectivity index (χ0v) is 11.0. The highest BCUT2D eigenvalue weighted by Crippen LogP contribution is 2.14. The summed E-state index contributed by atoms with van der Waals surface area (Å²) in [5, 5.41) is 2.97. The minimum absolute atomic E-state index is 0.00870. The van der Waals surface area contributed by atoms with Crippen molar-refractivity contribution in [2.45, 2.75) is 6.42 Å². The predicted octanol–water partition coefficient (Wildman–Crippen LogP) is 1.52. The highest BCUT2D eigenvalue weighted by Gasteiger charge is 2.16. The van der Waals surface area contributed by atoms with Crippen LogP contribution in [0.15, 0.2) is 24.3 Å². The van der Waals surface area contributed by atoms with Gasteiger partial charge in [-0.05, 0) is 24.6 Å². The van der Waals surface area contributed by atoms with Crippen molar-refractivity contribution in [1.82, 2.24) is 5.32 Å². The van der Waals surface area contributed by atoms with Gasteiger partial charge in [-0.15, -0.1) is 0 Å². The molecule has 0 bridgehead atoms. The Labute approximate surface area is 108 Å².